The molecule has 0 amide bonds. The smallest absolute Gasteiger partial charge is 0.230 e. The van der Waals surface area contributed by atoms with Gasteiger partial charge in [-0.15, -0.1) is 0 Å². The van der Waals surface area contributed by atoms with Crippen molar-refractivity contribution in [3.63, 3.8) is 0 Å². The topological polar surface area (TPSA) is 54.5 Å². The second kappa shape index (κ2) is 7.70. The zero-order valence-corrected chi connectivity index (χ0v) is 13.0. The third-order valence-corrected chi connectivity index (χ3v) is 4.36. The minimum Gasteiger partial charge on any atom is -0.480 e. The first kappa shape index (κ1) is 15.4. The van der Waals surface area contributed by atoms with Gasteiger partial charge in [0.05, 0.1) is 12.0 Å². The molecule has 0 fully saturated rings. The molecule has 0 spiro atoms. The lowest BCUT2D eigenvalue weighted by atomic mass is 10.4. The molecule has 18 heavy (non-hydrogen) atoms. The largest absolute Gasteiger partial charge is 0.480 e. The molecule has 1 aromatic rings. The maximum Gasteiger partial charge on any atom is 0.230 e. The minimum absolute atomic E-state index is 0.690. The summed E-state index contributed by atoms with van der Waals surface area (Å²) < 4.78 is 16.2. The maximum atomic E-state index is 10.9. The predicted octanol–water partition coefficient (Wildman–Crippen LogP) is 1.08. The van der Waals surface area contributed by atoms with Gasteiger partial charge in [0, 0.05) is 43.4 Å². The van der Waals surface area contributed by atoms with Crippen LogP contribution in [0.1, 0.15) is 11.3 Å². The lowest BCUT2D eigenvalue weighted by Crippen LogP contribution is -2.16. The van der Waals surface area contributed by atoms with Gasteiger partial charge in [-0.25, -0.2) is 0 Å². The second-order valence-electron chi connectivity index (χ2n) is 4.13. The minimum atomic E-state index is -0.703. The number of hydrogen-bond donors (Lipinski definition) is 1. The molecular formula is C11H21N3O2S2. The van der Waals surface area contributed by atoms with Crippen LogP contribution in [0.4, 0.5) is 5.13 Å². The van der Waals surface area contributed by atoms with Gasteiger partial charge in [0.2, 0.25) is 5.88 Å². The molecular weight excluding hydrogens is 270 g/mol. The Bertz CT molecular complexity index is 394. The Hall–Kier alpha value is -0.660. The molecule has 0 aliphatic heterocycles. The van der Waals surface area contributed by atoms with Crippen LogP contribution in [0.5, 0.6) is 5.88 Å². The van der Waals surface area contributed by atoms with Crippen LogP contribution in [0.15, 0.2) is 0 Å². The quantitative estimate of drug-likeness (QED) is 0.726. The fraction of sp³-hybridized carbons (Fsp3) is 0.727. The van der Waals surface area contributed by atoms with Crippen LogP contribution in [0.3, 0.4) is 0 Å². The highest BCUT2D eigenvalue weighted by Crippen LogP contribution is 2.29. The first-order valence-corrected chi connectivity index (χ1v) is 8.30. The zero-order valence-electron chi connectivity index (χ0n) is 11.4. The van der Waals surface area contributed by atoms with E-state index in [1.54, 1.807) is 24.7 Å². The number of nitrogens with zero attached hydrogens (tertiary/aromatic N) is 2. The van der Waals surface area contributed by atoms with Crippen LogP contribution >= 0.6 is 11.3 Å². The second-order valence-corrected chi connectivity index (χ2v) is 6.75. The highest BCUT2D eigenvalue weighted by molar-refractivity contribution is 7.84. The normalized spacial score (nSPS) is 12.4. The summed E-state index contributed by atoms with van der Waals surface area (Å²) in [6.07, 6.45) is 2.65. The Kier molecular flexibility index (Phi) is 6.59. The SMILES string of the molecule is COc1nc(N(C)C)sc1CNCCCS(C)=O. The molecule has 104 valence electrons. The third-order valence-electron chi connectivity index (χ3n) is 2.30. The van der Waals surface area contributed by atoms with E-state index in [-0.39, 0.29) is 0 Å². The Morgan fingerprint density at radius 2 is 2.22 bits per heavy atom. The summed E-state index contributed by atoms with van der Waals surface area (Å²) in [6.45, 7) is 1.60. The first-order chi connectivity index (χ1) is 8.54. The van der Waals surface area contributed by atoms with Gasteiger partial charge in [0.1, 0.15) is 0 Å². The Morgan fingerprint density at radius 3 is 2.78 bits per heavy atom. The van der Waals surface area contributed by atoms with Crippen LogP contribution in [0.2, 0.25) is 0 Å². The molecule has 1 rings (SSSR count). The van der Waals surface area contributed by atoms with Gasteiger partial charge >= 0.3 is 0 Å². The van der Waals surface area contributed by atoms with E-state index in [9.17, 15) is 4.21 Å². The van der Waals surface area contributed by atoms with Gasteiger partial charge in [-0.2, -0.15) is 4.98 Å². The maximum absolute atomic E-state index is 10.9. The number of rotatable bonds is 8. The third kappa shape index (κ3) is 4.91. The van der Waals surface area contributed by atoms with Crippen LogP contribution in [-0.4, -0.2) is 49.0 Å². The van der Waals surface area contributed by atoms with Gasteiger partial charge in [0.15, 0.2) is 5.13 Å². The zero-order chi connectivity index (χ0) is 13.5. The molecule has 0 aliphatic carbocycles. The van der Waals surface area contributed by atoms with Crippen LogP contribution < -0.4 is 15.0 Å². The van der Waals surface area contributed by atoms with E-state index in [0.717, 1.165) is 35.3 Å². The fourth-order valence-electron chi connectivity index (χ4n) is 1.39. The average Bonchev–Trinajstić information content (AvgIpc) is 2.71. The predicted molar refractivity (Wildman–Crippen MR) is 78.3 cm³/mol. The molecule has 1 unspecified atom stereocenters. The van der Waals surface area contributed by atoms with Crippen LogP contribution in [0.25, 0.3) is 0 Å². The lowest BCUT2D eigenvalue weighted by Gasteiger charge is -2.05. The van der Waals surface area contributed by atoms with Crippen molar-refractivity contribution in [3.05, 3.63) is 4.88 Å². The summed E-state index contributed by atoms with van der Waals surface area (Å²) in [6, 6.07) is 0. The van der Waals surface area contributed by atoms with E-state index < -0.39 is 10.8 Å². The number of ether oxygens (including phenoxy) is 1. The Morgan fingerprint density at radius 1 is 1.50 bits per heavy atom. The van der Waals surface area contributed by atoms with Crippen LogP contribution in [-0.2, 0) is 17.3 Å². The summed E-state index contributed by atoms with van der Waals surface area (Å²) in [5.74, 6) is 1.44. The summed E-state index contributed by atoms with van der Waals surface area (Å²) in [5.41, 5.74) is 0. The molecule has 1 N–H and O–H groups in total. The highest BCUT2D eigenvalue weighted by Gasteiger charge is 2.12. The molecule has 0 aliphatic rings. The van der Waals surface area contributed by atoms with Crippen molar-refractivity contribution in [1.29, 1.82) is 0 Å². The van der Waals surface area contributed by atoms with Crippen molar-refractivity contribution in [2.24, 2.45) is 0 Å². The van der Waals surface area contributed by atoms with E-state index in [0.29, 0.717) is 5.88 Å². The van der Waals surface area contributed by atoms with Crippen molar-refractivity contribution in [2.75, 3.05) is 44.7 Å². The summed E-state index contributed by atoms with van der Waals surface area (Å²) in [4.78, 5) is 7.45. The molecule has 1 heterocycles. The molecule has 1 aromatic heterocycles. The van der Waals surface area contributed by atoms with Crippen LogP contribution in [0, 0.1) is 0 Å². The van der Waals surface area contributed by atoms with E-state index >= 15 is 0 Å². The molecule has 5 nitrogen and oxygen atoms in total. The molecule has 0 aromatic carbocycles. The van der Waals surface area contributed by atoms with E-state index in [4.69, 9.17) is 4.74 Å². The van der Waals surface area contributed by atoms with Crippen molar-refractivity contribution in [3.8, 4) is 5.88 Å². The molecule has 0 saturated heterocycles. The highest BCUT2D eigenvalue weighted by atomic mass is 32.2. The van der Waals surface area contributed by atoms with Gasteiger partial charge in [0.25, 0.3) is 0 Å². The summed E-state index contributed by atoms with van der Waals surface area (Å²) >= 11 is 1.62. The number of aromatic nitrogens is 1. The number of methoxy groups -OCH3 is 1. The number of thiazole rings is 1. The van der Waals surface area contributed by atoms with Gasteiger partial charge in [-0.3, -0.25) is 4.21 Å². The number of anilines is 1. The monoisotopic (exact) mass is 291 g/mol. The molecule has 7 heteroatoms. The van der Waals surface area contributed by atoms with Gasteiger partial charge in [-0.05, 0) is 13.0 Å². The van der Waals surface area contributed by atoms with Crippen molar-refractivity contribution in [1.82, 2.24) is 10.3 Å². The summed E-state index contributed by atoms with van der Waals surface area (Å²) in [5, 5.41) is 4.26. The lowest BCUT2D eigenvalue weighted by molar-refractivity contribution is 0.395. The standard InChI is InChI=1S/C11H21N3O2S2/c1-14(2)11-13-10(16-3)9(17-11)8-12-6-5-7-18(4)15/h12H,5-8H2,1-4H3. The Labute approximate surface area is 115 Å². The molecule has 0 bridgehead atoms. The number of nitrogens with one attached hydrogen (secondary N) is 1. The fourth-order valence-corrected chi connectivity index (χ4v) is 2.86. The first-order valence-electron chi connectivity index (χ1n) is 5.76. The van der Waals surface area contributed by atoms with Crippen molar-refractivity contribution in [2.45, 2.75) is 13.0 Å². The molecule has 0 radical (unpaired) electrons. The van der Waals surface area contributed by atoms with Gasteiger partial charge < -0.3 is 15.0 Å². The average molecular weight is 291 g/mol. The molecule has 1 atom stereocenters. The van der Waals surface area contributed by atoms with E-state index in [1.807, 2.05) is 19.0 Å². The van der Waals surface area contributed by atoms with E-state index in [1.165, 1.54) is 0 Å². The van der Waals surface area contributed by atoms with Crippen molar-refractivity contribution < 1.29 is 8.95 Å². The van der Waals surface area contributed by atoms with E-state index in [2.05, 4.69) is 10.3 Å². The van der Waals surface area contributed by atoms with Gasteiger partial charge in [-0.1, -0.05) is 11.3 Å². The van der Waals surface area contributed by atoms with Crippen molar-refractivity contribution >= 4 is 27.3 Å². The molecule has 0 saturated carbocycles. The number of hydrogen-bond acceptors (Lipinski definition) is 6. The summed E-state index contributed by atoms with van der Waals surface area (Å²) in [7, 11) is 4.86. The Balaban J connectivity index is 2.43.